The highest BCUT2D eigenvalue weighted by atomic mass is 16.5. The number of amides is 1. The Morgan fingerprint density at radius 1 is 1.29 bits per heavy atom. The second-order valence-electron chi connectivity index (χ2n) is 6.02. The van der Waals surface area contributed by atoms with Crippen LogP contribution in [0.5, 0.6) is 0 Å². The van der Waals surface area contributed by atoms with Crippen LogP contribution < -0.4 is 5.32 Å². The monoisotopic (exact) mass is 290 g/mol. The van der Waals surface area contributed by atoms with E-state index in [1.165, 1.54) is 5.56 Å². The van der Waals surface area contributed by atoms with Crippen LogP contribution in [0.15, 0.2) is 30.3 Å². The molecule has 4 nitrogen and oxygen atoms in total. The first-order valence-electron chi connectivity index (χ1n) is 7.69. The van der Waals surface area contributed by atoms with Crippen molar-refractivity contribution in [2.45, 2.75) is 26.3 Å². The zero-order chi connectivity index (χ0) is 15.1. The van der Waals surface area contributed by atoms with Gasteiger partial charge in [-0.05, 0) is 31.5 Å². The van der Waals surface area contributed by atoms with Crippen LogP contribution in [0.1, 0.15) is 25.3 Å². The molecule has 1 fully saturated rings. The molecule has 0 bridgehead atoms. The second-order valence-corrected chi connectivity index (χ2v) is 6.02. The topological polar surface area (TPSA) is 41.6 Å². The molecule has 1 saturated heterocycles. The summed E-state index contributed by atoms with van der Waals surface area (Å²) in [5.41, 5.74) is 0.924. The number of methoxy groups -OCH3 is 1. The van der Waals surface area contributed by atoms with Gasteiger partial charge < -0.3 is 15.0 Å². The third-order valence-corrected chi connectivity index (χ3v) is 4.29. The molecule has 0 radical (unpaired) electrons. The minimum absolute atomic E-state index is 0.242. The summed E-state index contributed by atoms with van der Waals surface area (Å²) in [6.45, 7) is 5.82. The SMILES string of the molecule is COCCN(Cc1ccccc1)C(=O)C1(C)CCNCC1. The lowest BCUT2D eigenvalue weighted by molar-refractivity contribution is -0.144. The van der Waals surface area contributed by atoms with E-state index in [2.05, 4.69) is 24.4 Å². The van der Waals surface area contributed by atoms with Gasteiger partial charge in [0, 0.05) is 25.6 Å². The molecular formula is C17H26N2O2. The molecule has 1 amide bonds. The molecule has 1 N–H and O–H groups in total. The molecule has 4 heteroatoms. The van der Waals surface area contributed by atoms with Crippen molar-refractivity contribution in [3.8, 4) is 0 Å². The van der Waals surface area contributed by atoms with E-state index in [4.69, 9.17) is 4.74 Å². The van der Waals surface area contributed by atoms with Crippen molar-refractivity contribution in [2.24, 2.45) is 5.41 Å². The predicted molar refractivity (Wildman–Crippen MR) is 83.9 cm³/mol. The van der Waals surface area contributed by atoms with Crippen LogP contribution in [0.3, 0.4) is 0 Å². The fourth-order valence-electron chi connectivity index (χ4n) is 2.83. The second kappa shape index (κ2) is 7.57. The molecule has 1 heterocycles. The fraction of sp³-hybridized carbons (Fsp3) is 0.588. The van der Waals surface area contributed by atoms with E-state index in [1.807, 2.05) is 23.1 Å². The third kappa shape index (κ3) is 4.29. The van der Waals surface area contributed by atoms with Crippen LogP contribution in [-0.4, -0.2) is 44.2 Å². The standard InChI is InChI=1S/C17H26N2O2/c1-17(8-10-18-11-9-17)16(20)19(12-13-21-2)14-15-6-4-3-5-7-15/h3-7,18H,8-14H2,1-2H3. The van der Waals surface area contributed by atoms with Gasteiger partial charge in [-0.25, -0.2) is 0 Å². The average molecular weight is 290 g/mol. The van der Waals surface area contributed by atoms with Crippen LogP contribution in [0.4, 0.5) is 0 Å². The normalized spacial score (nSPS) is 17.4. The molecule has 21 heavy (non-hydrogen) atoms. The molecule has 0 atom stereocenters. The molecule has 1 aromatic rings. The largest absolute Gasteiger partial charge is 0.383 e. The third-order valence-electron chi connectivity index (χ3n) is 4.29. The first-order valence-corrected chi connectivity index (χ1v) is 7.69. The van der Waals surface area contributed by atoms with Gasteiger partial charge in [0.25, 0.3) is 0 Å². The van der Waals surface area contributed by atoms with Crippen molar-refractivity contribution >= 4 is 5.91 Å². The summed E-state index contributed by atoms with van der Waals surface area (Å²) in [7, 11) is 1.68. The van der Waals surface area contributed by atoms with Crippen molar-refractivity contribution < 1.29 is 9.53 Å². The van der Waals surface area contributed by atoms with Crippen LogP contribution in [0.25, 0.3) is 0 Å². The Kier molecular flexibility index (Phi) is 5.76. The Bertz CT molecular complexity index is 441. The Labute approximate surface area is 127 Å². The number of hydrogen-bond acceptors (Lipinski definition) is 3. The van der Waals surface area contributed by atoms with Crippen LogP contribution in [-0.2, 0) is 16.1 Å². The summed E-state index contributed by atoms with van der Waals surface area (Å²) in [4.78, 5) is 14.9. The molecule has 0 spiro atoms. The fourth-order valence-corrected chi connectivity index (χ4v) is 2.83. The molecule has 116 valence electrons. The molecular weight excluding hydrogens is 264 g/mol. The van der Waals surface area contributed by atoms with Gasteiger partial charge in [0.15, 0.2) is 0 Å². The Hall–Kier alpha value is -1.39. The van der Waals surface area contributed by atoms with Gasteiger partial charge in [-0.1, -0.05) is 37.3 Å². The molecule has 0 unspecified atom stereocenters. The molecule has 1 aromatic carbocycles. The van der Waals surface area contributed by atoms with Gasteiger partial charge in [0.1, 0.15) is 0 Å². The van der Waals surface area contributed by atoms with Gasteiger partial charge in [-0.15, -0.1) is 0 Å². The highest BCUT2D eigenvalue weighted by Crippen LogP contribution is 2.30. The number of carbonyl (C=O) groups is 1. The van der Waals surface area contributed by atoms with Gasteiger partial charge >= 0.3 is 0 Å². The maximum atomic E-state index is 13.0. The van der Waals surface area contributed by atoms with Gasteiger partial charge in [-0.2, -0.15) is 0 Å². The Morgan fingerprint density at radius 3 is 2.57 bits per heavy atom. The van der Waals surface area contributed by atoms with Crippen LogP contribution in [0, 0.1) is 5.41 Å². The number of nitrogens with one attached hydrogen (secondary N) is 1. The maximum absolute atomic E-state index is 13.0. The highest BCUT2D eigenvalue weighted by Gasteiger charge is 2.37. The molecule has 0 aromatic heterocycles. The molecule has 0 aliphatic carbocycles. The lowest BCUT2D eigenvalue weighted by atomic mass is 9.79. The van der Waals surface area contributed by atoms with Gasteiger partial charge in [0.2, 0.25) is 5.91 Å². The first-order chi connectivity index (χ1) is 10.2. The Morgan fingerprint density at radius 2 is 1.95 bits per heavy atom. The van der Waals surface area contributed by atoms with Gasteiger partial charge in [-0.3, -0.25) is 4.79 Å². The number of benzene rings is 1. The summed E-state index contributed by atoms with van der Waals surface area (Å²) in [5, 5.41) is 3.33. The van der Waals surface area contributed by atoms with E-state index in [0.717, 1.165) is 25.9 Å². The van der Waals surface area contributed by atoms with Crippen molar-refractivity contribution in [1.82, 2.24) is 10.2 Å². The molecule has 1 aliphatic rings. The van der Waals surface area contributed by atoms with E-state index in [1.54, 1.807) is 7.11 Å². The lowest BCUT2D eigenvalue weighted by Crippen LogP contribution is -2.48. The number of piperidine rings is 1. The summed E-state index contributed by atoms with van der Waals surface area (Å²) >= 11 is 0. The van der Waals surface area contributed by atoms with E-state index in [-0.39, 0.29) is 11.3 Å². The van der Waals surface area contributed by atoms with E-state index in [0.29, 0.717) is 19.7 Å². The van der Waals surface area contributed by atoms with Crippen molar-refractivity contribution in [1.29, 1.82) is 0 Å². The van der Waals surface area contributed by atoms with Crippen molar-refractivity contribution in [2.75, 3.05) is 33.4 Å². The molecule has 0 saturated carbocycles. The number of hydrogen-bond donors (Lipinski definition) is 1. The Balaban J connectivity index is 2.09. The van der Waals surface area contributed by atoms with Crippen molar-refractivity contribution in [3.05, 3.63) is 35.9 Å². The average Bonchev–Trinajstić information content (AvgIpc) is 2.52. The maximum Gasteiger partial charge on any atom is 0.228 e. The minimum Gasteiger partial charge on any atom is -0.383 e. The molecule has 2 rings (SSSR count). The van der Waals surface area contributed by atoms with E-state index >= 15 is 0 Å². The summed E-state index contributed by atoms with van der Waals surface area (Å²) in [5.74, 6) is 0.255. The van der Waals surface area contributed by atoms with Crippen LogP contribution >= 0.6 is 0 Å². The summed E-state index contributed by atoms with van der Waals surface area (Å²) < 4.78 is 5.17. The smallest absolute Gasteiger partial charge is 0.228 e. The number of nitrogens with zero attached hydrogens (tertiary/aromatic N) is 1. The minimum atomic E-state index is -0.242. The van der Waals surface area contributed by atoms with E-state index in [9.17, 15) is 4.79 Å². The van der Waals surface area contributed by atoms with Crippen molar-refractivity contribution in [3.63, 3.8) is 0 Å². The highest BCUT2D eigenvalue weighted by molar-refractivity contribution is 5.82. The number of ether oxygens (including phenoxy) is 1. The first kappa shape index (κ1) is 16.0. The number of carbonyl (C=O) groups excluding carboxylic acids is 1. The summed E-state index contributed by atoms with van der Waals surface area (Å²) in [6, 6.07) is 10.2. The zero-order valence-corrected chi connectivity index (χ0v) is 13.1. The number of rotatable bonds is 6. The van der Waals surface area contributed by atoms with Crippen LogP contribution in [0.2, 0.25) is 0 Å². The molecule has 1 aliphatic heterocycles. The van der Waals surface area contributed by atoms with E-state index < -0.39 is 0 Å². The summed E-state index contributed by atoms with van der Waals surface area (Å²) in [6.07, 6.45) is 1.81. The lowest BCUT2D eigenvalue weighted by Gasteiger charge is -2.37. The zero-order valence-electron chi connectivity index (χ0n) is 13.1. The quantitative estimate of drug-likeness (QED) is 0.872. The van der Waals surface area contributed by atoms with Gasteiger partial charge in [0.05, 0.1) is 6.61 Å². The predicted octanol–water partition coefficient (Wildman–Crippen LogP) is 2.05.